The van der Waals surface area contributed by atoms with Crippen LogP contribution in [0.25, 0.3) is 0 Å². The van der Waals surface area contributed by atoms with Gasteiger partial charge in [0.25, 0.3) is 0 Å². The molecular weight excluding hydrogens is 254 g/mol. The van der Waals surface area contributed by atoms with Crippen molar-refractivity contribution in [3.8, 4) is 6.07 Å². The monoisotopic (exact) mass is 279 g/mol. The number of likely N-dealkylation sites (tertiary alicyclic amines) is 1. The number of amides is 2. The summed E-state index contributed by atoms with van der Waals surface area (Å²) in [5.74, 6) is -0.492. The molecule has 0 aromatic rings. The maximum atomic E-state index is 12.3. The average molecular weight is 279 g/mol. The lowest BCUT2D eigenvalue weighted by atomic mass is 9.97. The van der Waals surface area contributed by atoms with Crippen molar-refractivity contribution in [2.45, 2.75) is 40.0 Å². The van der Waals surface area contributed by atoms with E-state index in [1.807, 2.05) is 19.9 Å². The number of carbonyl (C=O) groups excluding carboxylic acids is 2. The van der Waals surface area contributed by atoms with Crippen molar-refractivity contribution in [3.63, 3.8) is 0 Å². The molecule has 112 valence electrons. The summed E-state index contributed by atoms with van der Waals surface area (Å²) in [6, 6.07) is 2.01. The molecule has 0 aliphatic carbocycles. The highest BCUT2D eigenvalue weighted by molar-refractivity contribution is 5.87. The van der Waals surface area contributed by atoms with E-state index in [0.717, 1.165) is 12.8 Å². The zero-order chi connectivity index (χ0) is 15.1. The van der Waals surface area contributed by atoms with Gasteiger partial charge in [-0.15, -0.1) is 0 Å². The highest BCUT2D eigenvalue weighted by Gasteiger charge is 2.29. The molecule has 5 nitrogen and oxygen atoms in total. The van der Waals surface area contributed by atoms with Crippen molar-refractivity contribution in [2.75, 3.05) is 26.2 Å². The van der Waals surface area contributed by atoms with Crippen molar-refractivity contribution in [3.05, 3.63) is 0 Å². The predicted molar refractivity (Wildman–Crippen MR) is 76.6 cm³/mol. The van der Waals surface area contributed by atoms with Crippen molar-refractivity contribution >= 4 is 11.8 Å². The molecule has 1 rings (SSSR count). The summed E-state index contributed by atoms with van der Waals surface area (Å²) in [4.78, 5) is 27.7. The average Bonchev–Trinajstić information content (AvgIpc) is 2.46. The minimum Gasteiger partial charge on any atom is -0.343 e. The van der Waals surface area contributed by atoms with E-state index in [2.05, 4.69) is 6.92 Å². The Hall–Kier alpha value is -1.57. The summed E-state index contributed by atoms with van der Waals surface area (Å²) in [6.07, 6.45) is 1.96. The predicted octanol–water partition coefficient (Wildman–Crippen LogP) is 1.64. The maximum Gasteiger partial charge on any atom is 0.240 e. The van der Waals surface area contributed by atoms with Crippen LogP contribution in [0.3, 0.4) is 0 Å². The van der Waals surface area contributed by atoms with Gasteiger partial charge in [-0.3, -0.25) is 9.59 Å². The lowest BCUT2D eigenvalue weighted by Crippen LogP contribution is -2.42. The lowest BCUT2D eigenvalue weighted by molar-refractivity contribution is -0.140. The number of hydrogen-bond acceptors (Lipinski definition) is 3. The number of nitriles is 1. The smallest absolute Gasteiger partial charge is 0.240 e. The molecule has 5 heteroatoms. The van der Waals surface area contributed by atoms with Gasteiger partial charge in [0.2, 0.25) is 11.8 Å². The SMILES string of the molecule is CCN(CC)C(=O)CC(C#N)C(=O)N1CCC(C)CC1. The fourth-order valence-electron chi connectivity index (χ4n) is 2.52. The molecule has 20 heavy (non-hydrogen) atoms. The second-order valence-corrected chi connectivity index (χ2v) is 5.46. The van der Waals surface area contributed by atoms with E-state index in [4.69, 9.17) is 0 Å². The minimum absolute atomic E-state index is 0.00304. The third kappa shape index (κ3) is 4.22. The van der Waals surface area contributed by atoms with Crippen LogP contribution in [0, 0.1) is 23.2 Å². The van der Waals surface area contributed by atoms with E-state index < -0.39 is 5.92 Å². The van der Waals surface area contributed by atoms with E-state index in [0.29, 0.717) is 32.1 Å². The third-order valence-corrected chi connectivity index (χ3v) is 4.04. The lowest BCUT2D eigenvalue weighted by Gasteiger charge is -2.31. The Morgan fingerprint density at radius 1 is 1.30 bits per heavy atom. The van der Waals surface area contributed by atoms with Gasteiger partial charge in [-0.2, -0.15) is 5.26 Å². The quantitative estimate of drug-likeness (QED) is 0.768. The topological polar surface area (TPSA) is 64.4 Å². The minimum atomic E-state index is -0.837. The fraction of sp³-hybridized carbons (Fsp3) is 0.800. The second kappa shape index (κ2) is 7.88. The van der Waals surface area contributed by atoms with Crippen molar-refractivity contribution in [2.24, 2.45) is 11.8 Å². The van der Waals surface area contributed by atoms with Gasteiger partial charge in [-0.25, -0.2) is 0 Å². The fourth-order valence-corrected chi connectivity index (χ4v) is 2.52. The summed E-state index contributed by atoms with van der Waals surface area (Å²) in [5, 5.41) is 9.19. The van der Waals surface area contributed by atoms with Gasteiger partial charge in [0.05, 0.1) is 12.5 Å². The molecule has 1 atom stereocenters. The Bertz CT molecular complexity index is 377. The van der Waals surface area contributed by atoms with Gasteiger partial charge in [0.15, 0.2) is 0 Å². The van der Waals surface area contributed by atoms with Gasteiger partial charge in [-0.05, 0) is 32.6 Å². The standard InChI is InChI=1S/C15H25N3O2/c1-4-17(5-2)14(19)10-13(11-16)15(20)18-8-6-12(3)7-9-18/h12-13H,4-10H2,1-3H3. The summed E-state index contributed by atoms with van der Waals surface area (Å²) >= 11 is 0. The molecule has 0 aromatic heterocycles. The van der Waals surface area contributed by atoms with Crippen molar-refractivity contribution in [1.29, 1.82) is 5.26 Å². The van der Waals surface area contributed by atoms with E-state index >= 15 is 0 Å². The van der Waals surface area contributed by atoms with Crippen molar-refractivity contribution in [1.82, 2.24) is 9.80 Å². The molecule has 1 unspecified atom stereocenters. The number of nitrogens with zero attached hydrogens (tertiary/aromatic N) is 3. The maximum absolute atomic E-state index is 12.3. The first-order valence-electron chi connectivity index (χ1n) is 7.49. The molecule has 0 aromatic carbocycles. The molecule has 1 saturated heterocycles. The summed E-state index contributed by atoms with van der Waals surface area (Å²) in [6.45, 7) is 8.61. The van der Waals surface area contributed by atoms with E-state index in [-0.39, 0.29) is 18.2 Å². The zero-order valence-corrected chi connectivity index (χ0v) is 12.8. The zero-order valence-electron chi connectivity index (χ0n) is 12.8. The van der Waals surface area contributed by atoms with Gasteiger partial charge in [0.1, 0.15) is 5.92 Å². The van der Waals surface area contributed by atoms with Gasteiger partial charge in [0, 0.05) is 26.2 Å². The van der Waals surface area contributed by atoms with Crippen LogP contribution < -0.4 is 0 Å². The van der Waals surface area contributed by atoms with Crippen LogP contribution in [0.1, 0.15) is 40.0 Å². The van der Waals surface area contributed by atoms with Gasteiger partial charge in [-0.1, -0.05) is 6.92 Å². The van der Waals surface area contributed by atoms with E-state index in [1.54, 1.807) is 9.80 Å². The summed E-state index contributed by atoms with van der Waals surface area (Å²) in [7, 11) is 0. The second-order valence-electron chi connectivity index (χ2n) is 5.46. The summed E-state index contributed by atoms with van der Waals surface area (Å²) < 4.78 is 0. The highest BCUT2D eigenvalue weighted by atomic mass is 16.2. The molecule has 0 radical (unpaired) electrons. The molecule has 0 bridgehead atoms. The molecule has 0 saturated carbocycles. The van der Waals surface area contributed by atoms with Crippen LogP contribution in [0.5, 0.6) is 0 Å². The molecule has 0 N–H and O–H groups in total. The number of carbonyl (C=O) groups is 2. The normalized spacial score (nSPS) is 17.4. The Morgan fingerprint density at radius 2 is 1.85 bits per heavy atom. The van der Waals surface area contributed by atoms with Crippen LogP contribution >= 0.6 is 0 Å². The Balaban J connectivity index is 2.60. The van der Waals surface area contributed by atoms with Crippen LogP contribution in [-0.4, -0.2) is 47.8 Å². The number of rotatable bonds is 5. The van der Waals surface area contributed by atoms with E-state index in [1.165, 1.54) is 0 Å². The molecule has 1 aliphatic heterocycles. The first-order chi connectivity index (χ1) is 9.53. The van der Waals surface area contributed by atoms with Crippen molar-refractivity contribution < 1.29 is 9.59 Å². The Kier molecular flexibility index (Phi) is 6.50. The van der Waals surface area contributed by atoms with E-state index in [9.17, 15) is 14.9 Å². The van der Waals surface area contributed by atoms with Gasteiger partial charge < -0.3 is 9.80 Å². The van der Waals surface area contributed by atoms with Crippen LogP contribution in [0.4, 0.5) is 0 Å². The first kappa shape index (κ1) is 16.5. The van der Waals surface area contributed by atoms with Gasteiger partial charge >= 0.3 is 0 Å². The molecule has 0 spiro atoms. The number of hydrogen-bond donors (Lipinski definition) is 0. The largest absolute Gasteiger partial charge is 0.343 e. The molecule has 1 fully saturated rings. The van der Waals surface area contributed by atoms with Crippen LogP contribution in [0.2, 0.25) is 0 Å². The molecular formula is C15H25N3O2. The Labute approximate surface area is 121 Å². The highest BCUT2D eigenvalue weighted by Crippen LogP contribution is 2.19. The molecule has 1 heterocycles. The van der Waals surface area contributed by atoms with Crippen LogP contribution in [-0.2, 0) is 9.59 Å². The third-order valence-electron chi connectivity index (χ3n) is 4.04. The summed E-state index contributed by atoms with van der Waals surface area (Å²) in [5.41, 5.74) is 0. The van der Waals surface area contributed by atoms with Crippen LogP contribution in [0.15, 0.2) is 0 Å². The first-order valence-corrected chi connectivity index (χ1v) is 7.49. The Morgan fingerprint density at radius 3 is 2.30 bits per heavy atom. The molecule has 1 aliphatic rings. The number of piperidine rings is 1. The molecule has 2 amide bonds.